The quantitative estimate of drug-likeness (QED) is 0.878. The maximum atomic E-state index is 13.3. The lowest BCUT2D eigenvalue weighted by Gasteiger charge is -2.28. The number of piperidine rings is 1. The topological polar surface area (TPSA) is 38.0 Å². The van der Waals surface area contributed by atoms with Crippen molar-refractivity contribution in [3.63, 3.8) is 0 Å². The van der Waals surface area contributed by atoms with E-state index in [1.54, 1.807) is 0 Å². The van der Waals surface area contributed by atoms with Crippen molar-refractivity contribution >= 4 is 28.3 Å². The second kappa shape index (κ2) is 6.69. The molecular weight excluding hydrogens is 307 g/mol. The van der Waals surface area contributed by atoms with E-state index in [4.69, 9.17) is 5.73 Å². The molecule has 1 aliphatic heterocycles. The van der Waals surface area contributed by atoms with E-state index in [9.17, 15) is 4.39 Å². The third kappa shape index (κ3) is 3.91. The van der Waals surface area contributed by atoms with Crippen molar-refractivity contribution in [3.05, 3.63) is 34.1 Å². The molecule has 5 heteroatoms. The van der Waals surface area contributed by atoms with Crippen molar-refractivity contribution in [2.45, 2.75) is 18.9 Å². The fourth-order valence-corrected chi connectivity index (χ4v) is 2.73. The van der Waals surface area contributed by atoms with E-state index in [2.05, 4.69) is 21.2 Å². The van der Waals surface area contributed by atoms with Crippen LogP contribution < -0.4 is 11.1 Å². The lowest BCUT2D eigenvalue weighted by molar-refractivity contribution is 0.321. The van der Waals surface area contributed by atoms with E-state index in [1.807, 2.05) is 6.07 Å². The lowest BCUT2D eigenvalue weighted by Crippen LogP contribution is -2.33. The zero-order valence-electron chi connectivity index (χ0n) is 9.46. The highest BCUT2D eigenvalue weighted by molar-refractivity contribution is 9.10. The summed E-state index contributed by atoms with van der Waals surface area (Å²) >= 11 is 3.30. The first-order chi connectivity index (χ1) is 7.66. The van der Waals surface area contributed by atoms with Crippen LogP contribution in [0.3, 0.4) is 0 Å². The Bertz CT molecular complexity index is 349. The van der Waals surface area contributed by atoms with E-state index in [0.717, 1.165) is 36.0 Å². The van der Waals surface area contributed by atoms with Crippen LogP contribution in [0.5, 0.6) is 0 Å². The summed E-state index contributed by atoms with van der Waals surface area (Å²) in [4.78, 5) is 0. The molecule has 1 heterocycles. The van der Waals surface area contributed by atoms with Crippen molar-refractivity contribution in [2.24, 2.45) is 11.7 Å². The van der Waals surface area contributed by atoms with Crippen LogP contribution in [0, 0.1) is 11.7 Å². The molecule has 96 valence electrons. The lowest BCUT2D eigenvalue weighted by atomic mass is 9.86. The van der Waals surface area contributed by atoms with Gasteiger partial charge < -0.3 is 11.1 Å². The fourth-order valence-electron chi connectivity index (χ4n) is 2.24. The highest BCUT2D eigenvalue weighted by Gasteiger charge is 2.22. The SMILES string of the molecule is Cl.N[C@@H](c1cc(F)cc(Br)c1)C1CCNCC1. The van der Waals surface area contributed by atoms with Crippen molar-refractivity contribution in [3.8, 4) is 0 Å². The summed E-state index contributed by atoms with van der Waals surface area (Å²) < 4.78 is 14.0. The van der Waals surface area contributed by atoms with Crippen LogP contribution >= 0.6 is 28.3 Å². The molecule has 0 radical (unpaired) electrons. The average Bonchev–Trinajstić information content (AvgIpc) is 2.28. The Morgan fingerprint density at radius 1 is 1.29 bits per heavy atom. The van der Waals surface area contributed by atoms with Gasteiger partial charge in [0.15, 0.2) is 0 Å². The van der Waals surface area contributed by atoms with Gasteiger partial charge in [-0.05, 0) is 55.6 Å². The van der Waals surface area contributed by atoms with Crippen molar-refractivity contribution in [2.75, 3.05) is 13.1 Å². The van der Waals surface area contributed by atoms with Gasteiger partial charge in [0, 0.05) is 10.5 Å². The van der Waals surface area contributed by atoms with E-state index < -0.39 is 0 Å². The summed E-state index contributed by atoms with van der Waals surface area (Å²) in [5, 5.41) is 3.30. The number of benzene rings is 1. The van der Waals surface area contributed by atoms with Gasteiger partial charge >= 0.3 is 0 Å². The van der Waals surface area contributed by atoms with Crippen molar-refractivity contribution < 1.29 is 4.39 Å². The molecule has 0 saturated carbocycles. The predicted octanol–water partition coefficient (Wildman–Crippen LogP) is 3.01. The first-order valence-electron chi connectivity index (χ1n) is 5.59. The Morgan fingerprint density at radius 2 is 1.94 bits per heavy atom. The first-order valence-corrected chi connectivity index (χ1v) is 6.38. The maximum absolute atomic E-state index is 13.3. The van der Waals surface area contributed by atoms with Gasteiger partial charge in [-0.3, -0.25) is 0 Å². The number of hydrogen-bond donors (Lipinski definition) is 2. The molecule has 0 amide bonds. The molecule has 1 aromatic rings. The molecule has 0 aliphatic carbocycles. The summed E-state index contributed by atoms with van der Waals surface area (Å²) in [5.41, 5.74) is 7.08. The van der Waals surface area contributed by atoms with Crippen LogP contribution in [0.2, 0.25) is 0 Å². The summed E-state index contributed by atoms with van der Waals surface area (Å²) in [6.07, 6.45) is 2.13. The molecule has 1 saturated heterocycles. The second-order valence-corrected chi connectivity index (χ2v) is 5.23. The minimum Gasteiger partial charge on any atom is -0.324 e. The number of halogens is 3. The fraction of sp³-hybridized carbons (Fsp3) is 0.500. The number of hydrogen-bond acceptors (Lipinski definition) is 2. The van der Waals surface area contributed by atoms with E-state index in [0.29, 0.717) is 5.92 Å². The maximum Gasteiger partial charge on any atom is 0.124 e. The normalized spacial score (nSPS) is 18.5. The zero-order valence-corrected chi connectivity index (χ0v) is 11.9. The zero-order chi connectivity index (χ0) is 11.5. The summed E-state index contributed by atoms with van der Waals surface area (Å²) in [6, 6.07) is 4.85. The van der Waals surface area contributed by atoms with Gasteiger partial charge in [-0.25, -0.2) is 4.39 Å². The highest BCUT2D eigenvalue weighted by Crippen LogP contribution is 2.28. The first kappa shape index (κ1) is 14.9. The minimum atomic E-state index is -0.228. The monoisotopic (exact) mass is 322 g/mol. The predicted molar refractivity (Wildman–Crippen MR) is 73.9 cm³/mol. The number of nitrogens with two attached hydrogens (primary N) is 1. The second-order valence-electron chi connectivity index (χ2n) is 4.32. The van der Waals surface area contributed by atoms with Crippen LogP contribution in [-0.4, -0.2) is 13.1 Å². The molecule has 17 heavy (non-hydrogen) atoms. The molecule has 0 aromatic heterocycles. The van der Waals surface area contributed by atoms with Crippen LogP contribution in [-0.2, 0) is 0 Å². The molecule has 3 N–H and O–H groups in total. The number of rotatable bonds is 2. The Hall–Kier alpha value is -0.160. The van der Waals surface area contributed by atoms with Gasteiger partial charge in [0.05, 0.1) is 0 Å². The molecule has 2 rings (SSSR count). The molecule has 1 fully saturated rings. The van der Waals surface area contributed by atoms with Gasteiger partial charge in [0.2, 0.25) is 0 Å². The molecule has 1 aliphatic rings. The van der Waals surface area contributed by atoms with Gasteiger partial charge in [-0.2, -0.15) is 0 Å². The molecule has 1 atom stereocenters. The third-order valence-electron chi connectivity index (χ3n) is 3.16. The van der Waals surface area contributed by atoms with Crippen LogP contribution in [0.25, 0.3) is 0 Å². The van der Waals surface area contributed by atoms with Crippen LogP contribution in [0.4, 0.5) is 4.39 Å². The Labute approximate surface area is 116 Å². The smallest absolute Gasteiger partial charge is 0.124 e. The number of nitrogens with one attached hydrogen (secondary N) is 1. The minimum absolute atomic E-state index is 0. The Balaban J connectivity index is 0.00000144. The molecule has 2 nitrogen and oxygen atoms in total. The van der Waals surface area contributed by atoms with Crippen molar-refractivity contribution in [1.29, 1.82) is 0 Å². The van der Waals surface area contributed by atoms with Gasteiger partial charge in [0.25, 0.3) is 0 Å². The van der Waals surface area contributed by atoms with Gasteiger partial charge in [-0.15, -0.1) is 12.4 Å². The van der Waals surface area contributed by atoms with E-state index >= 15 is 0 Å². The molecule has 0 unspecified atom stereocenters. The molecule has 0 bridgehead atoms. The molecule has 0 spiro atoms. The summed E-state index contributed by atoms with van der Waals surface area (Å²) in [5.74, 6) is 0.226. The van der Waals surface area contributed by atoms with Gasteiger partial charge in [0.1, 0.15) is 5.82 Å². The average molecular weight is 324 g/mol. The largest absolute Gasteiger partial charge is 0.324 e. The summed E-state index contributed by atoms with van der Waals surface area (Å²) in [6.45, 7) is 2.02. The van der Waals surface area contributed by atoms with Crippen LogP contribution in [0.1, 0.15) is 24.4 Å². The van der Waals surface area contributed by atoms with Gasteiger partial charge in [-0.1, -0.05) is 15.9 Å². The van der Waals surface area contributed by atoms with E-state index in [1.165, 1.54) is 12.1 Å². The summed E-state index contributed by atoms with van der Waals surface area (Å²) in [7, 11) is 0. The molecule has 1 aromatic carbocycles. The Kier molecular flexibility index (Phi) is 5.86. The standard InChI is InChI=1S/C12H16BrFN2.ClH/c13-10-5-9(6-11(14)7-10)12(15)8-1-3-16-4-2-8;/h5-8,12,16H,1-4,15H2;1H/t12-;/m1./s1. The highest BCUT2D eigenvalue weighted by atomic mass is 79.9. The third-order valence-corrected chi connectivity index (χ3v) is 3.62. The molecular formula is C12H17BrClFN2. The van der Waals surface area contributed by atoms with Crippen molar-refractivity contribution in [1.82, 2.24) is 5.32 Å². The Morgan fingerprint density at radius 3 is 2.53 bits per heavy atom. The van der Waals surface area contributed by atoms with Crippen LogP contribution in [0.15, 0.2) is 22.7 Å². The van der Waals surface area contributed by atoms with E-state index in [-0.39, 0.29) is 24.3 Å².